The van der Waals surface area contributed by atoms with E-state index in [2.05, 4.69) is 0 Å². The number of esters is 8. The molecule has 0 spiro atoms. The smallest absolute Gasteiger partial charge is 0.342 e. The number of aliphatic hydroxyl groups excluding tert-OH is 2. The fourth-order valence-corrected chi connectivity index (χ4v) is 11.2. The maximum absolute atomic E-state index is 14.9. The number of phenols is 23. The summed E-state index contributed by atoms with van der Waals surface area (Å²) < 4.78 is 61.5. The van der Waals surface area contributed by atoms with Gasteiger partial charge in [-0.2, -0.15) is 0 Å². The topological polar surface area (TPSA) is 744 Å². The molecule has 3 aliphatic heterocycles. The lowest BCUT2D eigenvalue weighted by molar-refractivity contribution is -0.283. The van der Waals surface area contributed by atoms with Gasteiger partial charge < -0.3 is 180 Å². The summed E-state index contributed by atoms with van der Waals surface area (Å²) >= 11 is 0. The third-order valence-electron chi connectivity index (χ3n) is 16.8. The third-order valence-corrected chi connectivity index (χ3v) is 16.8. The van der Waals surface area contributed by atoms with Gasteiger partial charge in [-0.25, -0.2) is 38.4 Å². The van der Waals surface area contributed by atoms with Crippen molar-refractivity contribution in [3.8, 4) is 155 Å². The van der Waals surface area contributed by atoms with Crippen molar-refractivity contribution >= 4 is 47.8 Å². The number of cyclic esters (lactones) is 1. The van der Waals surface area contributed by atoms with Gasteiger partial charge >= 0.3 is 47.8 Å². The zero-order chi connectivity index (χ0) is 82.0. The highest BCUT2D eigenvalue weighted by Gasteiger charge is 2.57. The molecule has 0 saturated carbocycles. The summed E-state index contributed by atoms with van der Waals surface area (Å²) in [5, 5.41) is 266. The van der Waals surface area contributed by atoms with Gasteiger partial charge in [0.15, 0.2) is 133 Å². The van der Waals surface area contributed by atoms with Crippen LogP contribution in [0.5, 0.6) is 144 Å². The van der Waals surface area contributed by atoms with Crippen molar-refractivity contribution < 1.29 is 218 Å². The van der Waals surface area contributed by atoms with E-state index in [9.17, 15) is 166 Å². The standard InChI is InChI=1S/C68H52O44/c69-14-37-49(90)55(107-59(94)16-1-24(70)41(82)25(71)2-16)57(67(104-37)111-62(97)19-7-30(76)44(85)31(77)8-19)110-66(101)23-13-35(81)48(89)52(93)53(23)103-36-10-20(9-32(78)45(36)86)63(98)112-68-58(109-61(96)18-5-28(74)43(84)29(75)6-18)56(108-60(95)17-3-26(72)42(83)27(73)4-17)54-38(105-68)15-102-64(99)21-11-33(79)46(87)50(91)39(21)40-22(65(100)106-54)12-34(80)47(88)51(40)92/h1-13,37-38,49,54-58,67-93H,14-15H2. The SMILES string of the molecule is O=C(OC1OC(CO)C(O)C(OC(=O)c2cc(O)c(O)c(O)c2)C1OC(=O)c1cc(O)c(O)c(O)c1Oc1cc(C(=O)OC2OC3COC(=O)c4cc(O)c(O)c(O)c4-c4c(cc(O)c(O)c4O)C(=O)OC3C(OC(=O)c3cc(O)c(O)c(O)c3)C2OC(=O)c2cc(O)c(O)c(O)c2)cc(O)c1O)c1cc(O)c(O)c(O)c1. The van der Waals surface area contributed by atoms with Crippen molar-refractivity contribution in [3.63, 3.8) is 0 Å². The second-order valence-electron chi connectivity index (χ2n) is 23.9. The summed E-state index contributed by atoms with van der Waals surface area (Å²) in [6, 6.07) is 5.14. The molecule has 2 fully saturated rings. The van der Waals surface area contributed by atoms with Crippen molar-refractivity contribution in [3.05, 3.63) is 123 Å². The van der Waals surface area contributed by atoms with Gasteiger partial charge in [0.1, 0.15) is 30.5 Å². The maximum atomic E-state index is 14.9. The molecule has 8 aromatic rings. The molecule has 588 valence electrons. The first kappa shape index (κ1) is 77.7. The Morgan fingerprint density at radius 2 is 0.679 bits per heavy atom. The minimum atomic E-state index is -2.92. The Balaban J connectivity index is 1.01. The Morgan fingerprint density at radius 1 is 0.348 bits per heavy atom. The molecule has 25 N–H and O–H groups in total. The molecule has 8 aromatic carbocycles. The number of aromatic hydroxyl groups is 23. The Morgan fingerprint density at radius 3 is 1.11 bits per heavy atom. The summed E-state index contributed by atoms with van der Waals surface area (Å²) in [6.45, 7) is -2.79. The van der Waals surface area contributed by atoms with Crippen LogP contribution in [0.3, 0.4) is 0 Å². The molecule has 10 unspecified atom stereocenters. The van der Waals surface area contributed by atoms with Gasteiger partial charge in [-0.05, 0) is 72.8 Å². The number of fused-ring (bicyclic) bond motifs is 4. The van der Waals surface area contributed by atoms with Gasteiger partial charge in [0.05, 0.1) is 45.6 Å². The van der Waals surface area contributed by atoms with E-state index in [-0.39, 0.29) is 6.07 Å². The van der Waals surface area contributed by atoms with Crippen molar-refractivity contribution in [1.29, 1.82) is 0 Å². The monoisotopic (exact) mass is 1570 g/mol. The molecule has 3 heterocycles. The van der Waals surface area contributed by atoms with Crippen LogP contribution in [-0.2, 0) is 47.4 Å². The van der Waals surface area contributed by atoms with Crippen LogP contribution in [0, 0.1) is 0 Å². The number of carbonyl (C=O) groups excluding carboxylic acids is 8. The van der Waals surface area contributed by atoms with E-state index in [1.807, 2.05) is 0 Å². The van der Waals surface area contributed by atoms with Crippen molar-refractivity contribution in [2.24, 2.45) is 0 Å². The summed E-state index contributed by atoms with van der Waals surface area (Å²) in [5.74, 6) is -49.2. The zero-order valence-corrected chi connectivity index (χ0v) is 55.1. The van der Waals surface area contributed by atoms with E-state index >= 15 is 0 Å². The first-order valence-electron chi connectivity index (χ1n) is 31.0. The number of hydrogen-bond acceptors (Lipinski definition) is 44. The molecule has 2 saturated heterocycles. The Kier molecular flexibility index (Phi) is 20.6. The molecule has 0 aliphatic carbocycles. The molecule has 0 bridgehead atoms. The van der Waals surface area contributed by atoms with Crippen LogP contribution < -0.4 is 4.74 Å². The van der Waals surface area contributed by atoms with Crippen molar-refractivity contribution in [2.75, 3.05) is 13.2 Å². The quantitative estimate of drug-likeness (QED) is 0.0395. The summed E-state index contributed by atoms with van der Waals surface area (Å²) in [7, 11) is 0. The summed E-state index contributed by atoms with van der Waals surface area (Å²) in [6.07, 6.45) is -26.2. The highest BCUT2D eigenvalue weighted by atomic mass is 16.8. The largest absolute Gasteiger partial charge is 0.504 e. The lowest BCUT2D eigenvalue weighted by Crippen LogP contribution is -2.63. The molecule has 0 radical (unpaired) electrons. The van der Waals surface area contributed by atoms with Crippen molar-refractivity contribution in [1.82, 2.24) is 0 Å². The molecular formula is C68H52O44. The predicted molar refractivity (Wildman–Crippen MR) is 346 cm³/mol. The molecule has 0 aromatic heterocycles. The molecule has 10 atom stereocenters. The van der Waals surface area contributed by atoms with Crippen LogP contribution in [-0.4, -0.2) is 250 Å². The minimum absolute atomic E-state index is 0.195. The van der Waals surface area contributed by atoms with Gasteiger partial charge in [-0.1, -0.05) is 0 Å². The lowest BCUT2D eigenvalue weighted by Gasteiger charge is -2.43. The maximum Gasteiger partial charge on any atom is 0.342 e. The van der Waals surface area contributed by atoms with E-state index in [4.69, 9.17) is 52.1 Å². The zero-order valence-electron chi connectivity index (χ0n) is 55.1. The van der Waals surface area contributed by atoms with Crippen LogP contribution in [0.25, 0.3) is 11.1 Å². The third kappa shape index (κ3) is 14.4. The first-order valence-corrected chi connectivity index (χ1v) is 31.0. The minimum Gasteiger partial charge on any atom is -0.504 e. The molecule has 0 amide bonds. The number of phenolic OH excluding ortho intramolecular Hbond substituents is 23. The number of aliphatic hydroxyl groups is 2. The van der Waals surface area contributed by atoms with Crippen LogP contribution in [0.4, 0.5) is 0 Å². The number of ether oxygens (including phenoxy) is 11. The van der Waals surface area contributed by atoms with E-state index in [1.54, 1.807) is 0 Å². The molecule has 3 aliphatic rings. The van der Waals surface area contributed by atoms with Crippen LogP contribution in [0.1, 0.15) is 82.9 Å². The summed E-state index contributed by atoms with van der Waals surface area (Å²) in [5.41, 5.74) is -11.1. The Hall–Kier alpha value is -15.4. The second kappa shape index (κ2) is 29.7. The van der Waals surface area contributed by atoms with E-state index in [0.29, 0.717) is 72.8 Å². The normalized spacial score (nSPS) is 19.9. The first-order chi connectivity index (χ1) is 52.7. The number of rotatable bonds is 15. The highest BCUT2D eigenvalue weighted by molar-refractivity contribution is 6.09. The van der Waals surface area contributed by atoms with E-state index in [1.165, 1.54) is 0 Å². The van der Waals surface area contributed by atoms with Crippen molar-refractivity contribution in [2.45, 2.75) is 61.4 Å². The lowest BCUT2D eigenvalue weighted by atomic mass is 9.92. The number of carbonyl (C=O) groups is 8. The Bertz CT molecular complexity index is 5190. The second-order valence-corrected chi connectivity index (χ2v) is 23.9. The van der Waals surface area contributed by atoms with E-state index in [0.717, 1.165) is 0 Å². The molecular weight excluding hydrogens is 1520 g/mol. The predicted octanol–water partition coefficient (Wildman–Crippen LogP) is 1.79. The molecule has 44 nitrogen and oxygen atoms in total. The highest BCUT2D eigenvalue weighted by Crippen LogP contribution is 2.55. The summed E-state index contributed by atoms with van der Waals surface area (Å²) in [4.78, 5) is 115. The molecule has 44 heteroatoms. The van der Waals surface area contributed by atoms with Gasteiger partial charge in [0.25, 0.3) is 0 Å². The van der Waals surface area contributed by atoms with Crippen LogP contribution >= 0.6 is 0 Å². The van der Waals surface area contributed by atoms with Crippen LogP contribution in [0.2, 0.25) is 0 Å². The molecule has 112 heavy (non-hydrogen) atoms. The Labute approximate surface area is 617 Å². The van der Waals surface area contributed by atoms with Crippen LogP contribution in [0.15, 0.2) is 78.9 Å². The van der Waals surface area contributed by atoms with Gasteiger partial charge in [-0.3, -0.25) is 0 Å². The van der Waals surface area contributed by atoms with Gasteiger partial charge in [0.2, 0.25) is 53.5 Å². The number of hydrogen-bond donors (Lipinski definition) is 25. The van der Waals surface area contributed by atoms with Gasteiger partial charge in [0, 0.05) is 17.2 Å². The number of benzene rings is 8. The van der Waals surface area contributed by atoms with E-state index < -0.39 is 322 Å². The fraction of sp³-hybridized carbons (Fsp3) is 0.176. The molecule has 11 rings (SSSR count). The fourth-order valence-electron chi connectivity index (χ4n) is 11.2. The average Bonchev–Trinajstić information content (AvgIpc) is 1.19. The average molecular weight is 1570 g/mol. The van der Waals surface area contributed by atoms with Gasteiger partial charge in [-0.15, -0.1) is 0 Å².